The minimum atomic E-state index is -5.08. The summed E-state index contributed by atoms with van der Waals surface area (Å²) in [5.74, 6) is -2.32. The van der Waals surface area contributed by atoms with Gasteiger partial charge in [0.15, 0.2) is 0 Å². The van der Waals surface area contributed by atoms with Crippen LogP contribution in [0.25, 0.3) is 0 Å². The highest BCUT2D eigenvalue weighted by molar-refractivity contribution is 5.88. The van der Waals surface area contributed by atoms with E-state index in [0.717, 1.165) is 19.4 Å². The van der Waals surface area contributed by atoms with Crippen molar-refractivity contribution >= 4 is 17.8 Å². The van der Waals surface area contributed by atoms with Crippen LogP contribution in [0.1, 0.15) is 33.1 Å². The Morgan fingerprint density at radius 2 is 1.84 bits per heavy atom. The summed E-state index contributed by atoms with van der Waals surface area (Å²) in [4.78, 5) is 34.9. The van der Waals surface area contributed by atoms with Crippen molar-refractivity contribution in [1.29, 1.82) is 0 Å². The Balaban J connectivity index is 0.000000381. The van der Waals surface area contributed by atoms with Gasteiger partial charge in [0.1, 0.15) is 6.04 Å². The smallest absolute Gasteiger partial charge is 0.475 e. The monoisotopic (exact) mass is 367 g/mol. The van der Waals surface area contributed by atoms with E-state index in [-0.39, 0.29) is 17.9 Å². The molecule has 1 atom stereocenters. The van der Waals surface area contributed by atoms with E-state index in [0.29, 0.717) is 31.5 Å². The standard InChI is InChI=1S/C13H23N3O2.C2HF3O2/c1-9(2)7-12(17)16-6-5-14-8-11(16)13(18)15-10-3-4-10;3-2(4,5)1(6)7/h9-11,14H,3-8H2,1-2H3,(H,15,18);(H,6,7)/t11-;/m1./s1. The molecule has 2 aliphatic rings. The van der Waals surface area contributed by atoms with Crippen LogP contribution in [0.3, 0.4) is 0 Å². The number of amides is 2. The van der Waals surface area contributed by atoms with Gasteiger partial charge < -0.3 is 20.6 Å². The molecule has 1 saturated carbocycles. The van der Waals surface area contributed by atoms with Crippen LogP contribution in [0.4, 0.5) is 13.2 Å². The molecule has 0 aromatic rings. The topological polar surface area (TPSA) is 98.7 Å². The van der Waals surface area contributed by atoms with Crippen LogP contribution in [0.15, 0.2) is 0 Å². The van der Waals surface area contributed by atoms with Crippen LogP contribution in [0.5, 0.6) is 0 Å². The van der Waals surface area contributed by atoms with Gasteiger partial charge in [0, 0.05) is 32.1 Å². The number of piperazine rings is 1. The average Bonchev–Trinajstić information content (AvgIpc) is 3.30. The van der Waals surface area contributed by atoms with Gasteiger partial charge >= 0.3 is 12.1 Å². The van der Waals surface area contributed by atoms with Crippen LogP contribution < -0.4 is 10.6 Å². The Morgan fingerprint density at radius 3 is 2.28 bits per heavy atom. The Kier molecular flexibility index (Phi) is 7.65. The van der Waals surface area contributed by atoms with E-state index in [4.69, 9.17) is 9.90 Å². The lowest BCUT2D eigenvalue weighted by Gasteiger charge is -2.35. The molecular formula is C15H24F3N3O4. The molecule has 0 aromatic carbocycles. The zero-order valence-corrected chi connectivity index (χ0v) is 14.2. The summed E-state index contributed by atoms with van der Waals surface area (Å²) in [5.41, 5.74) is 0. The molecule has 7 nitrogen and oxygen atoms in total. The summed E-state index contributed by atoms with van der Waals surface area (Å²) in [5, 5.41) is 13.3. The summed E-state index contributed by atoms with van der Waals surface area (Å²) in [6, 6.07) is 0.0204. The van der Waals surface area contributed by atoms with Gasteiger partial charge in [0.05, 0.1) is 0 Å². The molecule has 1 heterocycles. The maximum absolute atomic E-state index is 12.1. The zero-order chi connectivity index (χ0) is 19.2. The van der Waals surface area contributed by atoms with Gasteiger partial charge in [-0.1, -0.05) is 13.8 Å². The van der Waals surface area contributed by atoms with Crippen LogP contribution >= 0.6 is 0 Å². The van der Waals surface area contributed by atoms with E-state index >= 15 is 0 Å². The minimum Gasteiger partial charge on any atom is -0.475 e. The molecule has 2 fully saturated rings. The molecule has 1 aliphatic heterocycles. The van der Waals surface area contributed by atoms with E-state index in [1.165, 1.54) is 0 Å². The van der Waals surface area contributed by atoms with Gasteiger partial charge in [-0.3, -0.25) is 9.59 Å². The van der Waals surface area contributed by atoms with Crippen molar-refractivity contribution in [1.82, 2.24) is 15.5 Å². The van der Waals surface area contributed by atoms with Crippen LogP contribution in [-0.2, 0) is 14.4 Å². The molecule has 25 heavy (non-hydrogen) atoms. The first kappa shape index (κ1) is 21.2. The van der Waals surface area contributed by atoms with Gasteiger partial charge in [-0.2, -0.15) is 13.2 Å². The maximum Gasteiger partial charge on any atom is 0.490 e. The number of carboxylic acids is 1. The van der Waals surface area contributed by atoms with E-state index in [9.17, 15) is 22.8 Å². The lowest BCUT2D eigenvalue weighted by Crippen LogP contribution is -2.59. The van der Waals surface area contributed by atoms with E-state index in [1.54, 1.807) is 4.90 Å². The summed E-state index contributed by atoms with van der Waals surface area (Å²) in [6.07, 6.45) is -2.41. The van der Waals surface area contributed by atoms with Gasteiger partial charge in [-0.15, -0.1) is 0 Å². The third-order valence-corrected chi connectivity index (χ3v) is 3.62. The van der Waals surface area contributed by atoms with Crippen LogP contribution in [0, 0.1) is 5.92 Å². The van der Waals surface area contributed by atoms with Crippen LogP contribution in [-0.4, -0.2) is 65.7 Å². The number of nitrogens with one attached hydrogen (secondary N) is 2. The fourth-order valence-electron chi connectivity index (χ4n) is 2.23. The van der Waals surface area contributed by atoms with E-state index in [2.05, 4.69) is 10.6 Å². The number of nitrogens with zero attached hydrogens (tertiary/aromatic N) is 1. The van der Waals surface area contributed by atoms with Crippen LogP contribution in [0.2, 0.25) is 0 Å². The van der Waals surface area contributed by atoms with E-state index < -0.39 is 12.1 Å². The molecule has 0 radical (unpaired) electrons. The van der Waals surface area contributed by atoms with Crippen molar-refractivity contribution in [3.8, 4) is 0 Å². The second-order valence-electron chi connectivity index (χ2n) is 6.49. The molecule has 10 heteroatoms. The van der Waals surface area contributed by atoms with Crippen molar-refractivity contribution in [2.45, 2.75) is 51.4 Å². The molecule has 0 aromatic heterocycles. The molecule has 3 N–H and O–H groups in total. The van der Waals surface area contributed by atoms with Crippen molar-refractivity contribution in [2.24, 2.45) is 5.92 Å². The summed E-state index contributed by atoms with van der Waals surface area (Å²) >= 11 is 0. The molecule has 144 valence electrons. The lowest BCUT2D eigenvalue weighted by molar-refractivity contribution is -0.192. The normalized spacial score (nSPS) is 20.6. The van der Waals surface area contributed by atoms with E-state index in [1.807, 2.05) is 13.8 Å². The number of rotatable bonds is 4. The molecule has 1 saturated heterocycles. The highest BCUT2D eigenvalue weighted by Gasteiger charge is 2.38. The first-order chi connectivity index (χ1) is 11.5. The number of carbonyl (C=O) groups excluding carboxylic acids is 2. The highest BCUT2D eigenvalue weighted by Crippen LogP contribution is 2.19. The SMILES string of the molecule is CC(C)CC(=O)N1CCNC[C@@H]1C(=O)NC1CC1.O=C(O)C(F)(F)F. The Hall–Kier alpha value is -1.84. The summed E-state index contributed by atoms with van der Waals surface area (Å²) in [6.45, 7) is 6.03. The van der Waals surface area contributed by atoms with Crippen molar-refractivity contribution < 1.29 is 32.7 Å². The number of carbonyl (C=O) groups is 3. The number of hydrogen-bond acceptors (Lipinski definition) is 4. The molecule has 2 amide bonds. The predicted molar refractivity (Wildman–Crippen MR) is 82.7 cm³/mol. The second kappa shape index (κ2) is 9.02. The van der Waals surface area contributed by atoms with Gasteiger partial charge in [0.25, 0.3) is 0 Å². The number of alkyl halides is 3. The minimum absolute atomic E-state index is 0.00167. The third kappa shape index (κ3) is 7.72. The van der Waals surface area contributed by atoms with Gasteiger partial charge in [-0.05, 0) is 18.8 Å². The summed E-state index contributed by atoms with van der Waals surface area (Å²) in [7, 11) is 0. The zero-order valence-electron chi connectivity index (χ0n) is 14.2. The fourth-order valence-corrected chi connectivity index (χ4v) is 2.23. The van der Waals surface area contributed by atoms with Crippen molar-refractivity contribution in [3.63, 3.8) is 0 Å². The molecule has 0 unspecified atom stereocenters. The summed E-state index contributed by atoms with van der Waals surface area (Å²) < 4.78 is 31.7. The number of carboxylic acid groups (broad SMARTS) is 1. The Labute approximate surface area is 143 Å². The largest absolute Gasteiger partial charge is 0.490 e. The first-order valence-corrected chi connectivity index (χ1v) is 8.13. The quantitative estimate of drug-likeness (QED) is 0.681. The Morgan fingerprint density at radius 1 is 1.28 bits per heavy atom. The number of hydrogen-bond donors (Lipinski definition) is 3. The number of aliphatic carboxylic acids is 1. The van der Waals surface area contributed by atoms with Crippen molar-refractivity contribution in [2.75, 3.05) is 19.6 Å². The van der Waals surface area contributed by atoms with Gasteiger partial charge in [0.2, 0.25) is 11.8 Å². The second-order valence-corrected chi connectivity index (χ2v) is 6.49. The number of halogens is 3. The average molecular weight is 367 g/mol. The molecule has 1 aliphatic carbocycles. The van der Waals surface area contributed by atoms with Gasteiger partial charge in [-0.25, -0.2) is 4.79 Å². The predicted octanol–water partition coefficient (Wildman–Crippen LogP) is 0.745. The van der Waals surface area contributed by atoms with Crippen molar-refractivity contribution in [3.05, 3.63) is 0 Å². The maximum atomic E-state index is 12.1. The highest BCUT2D eigenvalue weighted by atomic mass is 19.4. The fraction of sp³-hybridized carbons (Fsp3) is 0.800. The Bertz CT molecular complexity index is 469. The molecule has 2 rings (SSSR count). The molecule has 0 bridgehead atoms. The molecular weight excluding hydrogens is 343 g/mol. The first-order valence-electron chi connectivity index (χ1n) is 8.13. The third-order valence-electron chi connectivity index (χ3n) is 3.62. The molecule has 0 spiro atoms. The lowest BCUT2D eigenvalue weighted by atomic mass is 10.1.